The number of rotatable bonds is 4. The summed E-state index contributed by atoms with van der Waals surface area (Å²) in [5.74, 6) is 1.02. The van der Waals surface area contributed by atoms with Crippen LogP contribution in [0.1, 0.15) is 33.5 Å². The Labute approximate surface area is 147 Å². The number of carbonyl (C=O) groups is 1. The molecule has 2 aromatic heterocycles. The van der Waals surface area contributed by atoms with E-state index in [1.807, 2.05) is 25.1 Å². The third-order valence-corrected chi connectivity index (χ3v) is 4.74. The molecule has 0 saturated heterocycles. The lowest BCUT2D eigenvalue weighted by molar-refractivity contribution is 0.0469. The van der Waals surface area contributed by atoms with E-state index < -0.39 is 5.97 Å². The van der Waals surface area contributed by atoms with Crippen LogP contribution >= 0.6 is 11.5 Å². The van der Waals surface area contributed by atoms with Crippen molar-refractivity contribution in [3.05, 3.63) is 46.1 Å². The molecule has 0 spiro atoms. The molecule has 25 heavy (non-hydrogen) atoms. The minimum Gasteiger partial charge on any atom is -0.490 e. The summed E-state index contributed by atoms with van der Waals surface area (Å²) in [6.07, 6.45) is 1.11. The normalized spacial score (nSPS) is 15.7. The van der Waals surface area contributed by atoms with Gasteiger partial charge in [-0.3, -0.25) is 0 Å². The Balaban J connectivity index is 1.45. The second kappa shape index (κ2) is 6.29. The van der Waals surface area contributed by atoms with Crippen molar-refractivity contribution in [3.8, 4) is 17.1 Å². The molecule has 128 valence electrons. The summed E-state index contributed by atoms with van der Waals surface area (Å²) in [5.41, 5.74) is 3.16. The highest BCUT2D eigenvalue weighted by molar-refractivity contribution is 7.07. The number of nitrogens with zero attached hydrogens (tertiary/aromatic N) is 3. The third-order valence-electron chi connectivity index (χ3n) is 3.93. The Morgan fingerprint density at radius 3 is 3.08 bits per heavy atom. The van der Waals surface area contributed by atoms with Gasteiger partial charge in [0, 0.05) is 18.1 Å². The van der Waals surface area contributed by atoms with Crippen molar-refractivity contribution in [2.24, 2.45) is 0 Å². The van der Waals surface area contributed by atoms with Crippen molar-refractivity contribution in [1.29, 1.82) is 0 Å². The molecule has 0 fully saturated rings. The standard InChI is InChI=1S/C17H15N3O4S/c1-9-5-11-3-4-12(6-14(11)23-9)15-7-13(19-24-15)8-22-17(21)16-10(2)18-20-25-16/h3-4,6-7,9H,5,8H2,1-2H3. The molecular formula is C17H15N3O4S. The van der Waals surface area contributed by atoms with Gasteiger partial charge in [0.05, 0.1) is 5.69 Å². The van der Waals surface area contributed by atoms with Crippen molar-refractivity contribution in [3.63, 3.8) is 0 Å². The highest BCUT2D eigenvalue weighted by Gasteiger charge is 2.20. The second-order valence-corrected chi connectivity index (χ2v) is 6.66. The Kier molecular flexibility index (Phi) is 3.96. The topological polar surface area (TPSA) is 87.3 Å². The summed E-state index contributed by atoms with van der Waals surface area (Å²) in [5, 5.41) is 7.75. The van der Waals surface area contributed by atoms with E-state index in [9.17, 15) is 4.79 Å². The Morgan fingerprint density at radius 1 is 1.40 bits per heavy atom. The number of hydrogen-bond donors (Lipinski definition) is 0. The van der Waals surface area contributed by atoms with E-state index in [0.29, 0.717) is 22.0 Å². The van der Waals surface area contributed by atoms with Crippen LogP contribution < -0.4 is 4.74 Å². The number of fused-ring (bicyclic) bond motifs is 1. The molecular weight excluding hydrogens is 342 g/mol. The lowest BCUT2D eigenvalue weighted by Gasteiger charge is -2.03. The minimum atomic E-state index is -0.461. The van der Waals surface area contributed by atoms with Crippen molar-refractivity contribution < 1.29 is 18.8 Å². The summed E-state index contributed by atoms with van der Waals surface area (Å²) >= 11 is 1.01. The van der Waals surface area contributed by atoms with E-state index in [1.165, 1.54) is 5.56 Å². The van der Waals surface area contributed by atoms with E-state index in [2.05, 4.69) is 14.7 Å². The summed E-state index contributed by atoms with van der Waals surface area (Å²) in [6.45, 7) is 3.78. The summed E-state index contributed by atoms with van der Waals surface area (Å²) in [4.78, 5) is 12.4. The minimum absolute atomic E-state index is 0.0259. The van der Waals surface area contributed by atoms with Crippen LogP contribution in [0.5, 0.6) is 5.75 Å². The van der Waals surface area contributed by atoms with Crippen molar-refractivity contribution in [1.82, 2.24) is 14.7 Å². The van der Waals surface area contributed by atoms with Gasteiger partial charge >= 0.3 is 5.97 Å². The first kappa shape index (κ1) is 15.8. The number of aromatic nitrogens is 3. The predicted octanol–water partition coefficient (Wildman–Crippen LogP) is 3.18. The van der Waals surface area contributed by atoms with Crippen LogP contribution in [0.4, 0.5) is 0 Å². The zero-order chi connectivity index (χ0) is 17.4. The average molecular weight is 357 g/mol. The molecule has 0 bridgehead atoms. The highest BCUT2D eigenvalue weighted by Crippen LogP contribution is 2.33. The van der Waals surface area contributed by atoms with Crippen molar-refractivity contribution >= 4 is 17.5 Å². The van der Waals surface area contributed by atoms with Crippen LogP contribution in [0.25, 0.3) is 11.3 Å². The summed E-state index contributed by atoms with van der Waals surface area (Å²) in [7, 11) is 0. The van der Waals surface area contributed by atoms with Gasteiger partial charge in [0.1, 0.15) is 24.2 Å². The fourth-order valence-corrected chi connectivity index (χ4v) is 3.25. The van der Waals surface area contributed by atoms with E-state index in [1.54, 1.807) is 13.0 Å². The van der Waals surface area contributed by atoms with Crippen LogP contribution in [0.3, 0.4) is 0 Å². The van der Waals surface area contributed by atoms with Gasteiger partial charge in [-0.1, -0.05) is 21.8 Å². The molecule has 1 atom stereocenters. The van der Waals surface area contributed by atoms with Crippen molar-refractivity contribution in [2.75, 3.05) is 0 Å². The molecule has 1 aliphatic rings. The number of esters is 1. The second-order valence-electron chi connectivity index (χ2n) is 5.90. The van der Waals surface area contributed by atoms with Gasteiger partial charge in [0.2, 0.25) is 0 Å². The van der Waals surface area contributed by atoms with Crippen LogP contribution in [-0.2, 0) is 17.8 Å². The van der Waals surface area contributed by atoms with Crippen LogP contribution in [-0.4, -0.2) is 26.8 Å². The molecule has 1 aliphatic heterocycles. The van der Waals surface area contributed by atoms with Gasteiger partial charge in [-0.25, -0.2) is 4.79 Å². The van der Waals surface area contributed by atoms with Crippen LogP contribution in [0, 0.1) is 6.92 Å². The van der Waals surface area contributed by atoms with Crippen LogP contribution in [0.15, 0.2) is 28.8 Å². The molecule has 8 heteroatoms. The van der Waals surface area contributed by atoms with Crippen LogP contribution in [0.2, 0.25) is 0 Å². The van der Waals surface area contributed by atoms with E-state index in [0.717, 1.165) is 29.3 Å². The maximum absolute atomic E-state index is 12.0. The first-order valence-electron chi connectivity index (χ1n) is 7.82. The Morgan fingerprint density at radius 2 is 2.28 bits per heavy atom. The molecule has 0 N–H and O–H groups in total. The molecule has 0 radical (unpaired) electrons. The number of aryl methyl sites for hydroxylation is 1. The average Bonchev–Trinajstić information content (AvgIpc) is 3.30. The summed E-state index contributed by atoms with van der Waals surface area (Å²) in [6, 6.07) is 7.71. The fraction of sp³-hybridized carbons (Fsp3) is 0.294. The highest BCUT2D eigenvalue weighted by atomic mass is 32.1. The molecule has 1 unspecified atom stereocenters. The first-order chi connectivity index (χ1) is 12.1. The monoisotopic (exact) mass is 357 g/mol. The fourth-order valence-electron chi connectivity index (χ4n) is 2.69. The number of hydrogen-bond acceptors (Lipinski definition) is 8. The zero-order valence-electron chi connectivity index (χ0n) is 13.7. The Hall–Kier alpha value is -2.74. The molecule has 7 nitrogen and oxygen atoms in total. The molecule has 3 heterocycles. The predicted molar refractivity (Wildman–Crippen MR) is 89.5 cm³/mol. The van der Waals surface area contributed by atoms with E-state index in [-0.39, 0.29) is 12.7 Å². The van der Waals surface area contributed by atoms with Gasteiger partial charge < -0.3 is 14.0 Å². The van der Waals surface area contributed by atoms with E-state index in [4.69, 9.17) is 14.0 Å². The smallest absolute Gasteiger partial charge is 0.352 e. The first-order valence-corrected chi connectivity index (χ1v) is 8.59. The molecule has 3 aromatic rings. The number of benzene rings is 1. The SMILES string of the molecule is Cc1nnsc1C(=O)OCc1cc(-c2ccc3c(c2)OC(C)C3)on1. The Bertz CT molecular complexity index is 934. The largest absolute Gasteiger partial charge is 0.490 e. The van der Waals surface area contributed by atoms with Gasteiger partial charge in [-0.15, -0.1) is 5.10 Å². The lowest BCUT2D eigenvalue weighted by atomic mass is 10.1. The van der Waals surface area contributed by atoms with Gasteiger partial charge in [-0.05, 0) is 37.0 Å². The van der Waals surface area contributed by atoms with Gasteiger partial charge in [0.25, 0.3) is 0 Å². The lowest BCUT2D eigenvalue weighted by Crippen LogP contribution is -2.05. The summed E-state index contributed by atoms with van der Waals surface area (Å²) < 4.78 is 20.1. The molecule has 0 amide bonds. The number of ether oxygens (including phenoxy) is 2. The van der Waals surface area contributed by atoms with Crippen molar-refractivity contribution in [2.45, 2.75) is 33.0 Å². The molecule has 0 saturated carbocycles. The third kappa shape index (κ3) is 3.12. The maximum atomic E-state index is 12.0. The molecule has 0 aliphatic carbocycles. The quantitative estimate of drug-likeness (QED) is 0.663. The molecule has 4 rings (SSSR count). The number of carbonyl (C=O) groups excluding carboxylic acids is 1. The van der Waals surface area contributed by atoms with E-state index >= 15 is 0 Å². The molecule has 1 aromatic carbocycles. The van der Waals surface area contributed by atoms with Gasteiger partial charge in [0.15, 0.2) is 10.6 Å². The maximum Gasteiger partial charge on any atom is 0.352 e. The zero-order valence-corrected chi connectivity index (χ0v) is 14.5. The van der Waals surface area contributed by atoms with Gasteiger partial charge in [-0.2, -0.15) is 0 Å².